The van der Waals surface area contributed by atoms with Crippen molar-refractivity contribution in [2.75, 3.05) is 0 Å². The number of carbonyl (C=O) groups excluding carboxylic acids is 2. The quantitative estimate of drug-likeness (QED) is 0.534. The molecular weight excluding hydrogens is 344 g/mol. The fourth-order valence-corrected chi connectivity index (χ4v) is 6.79. The van der Waals surface area contributed by atoms with Crippen LogP contribution in [0.25, 0.3) is 0 Å². The van der Waals surface area contributed by atoms with E-state index in [4.69, 9.17) is 14.2 Å². The maximum Gasteiger partial charge on any atom is 0.308 e. The van der Waals surface area contributed by atoms with Crippen LogP contribution in [-0.4, -0.2) is 24.5 Å². The normalized spacial score (nSPS) is 45.8. The van der Waals surface area contributed by atoms with Gasteiger partial charge in [0.25, 0.3) is 0 Å². The van der Waals surface area contributed by atoms with Crippen molar-refractivity contribution < 1.29 is 23.8 Å². The third-order valence-corrected chi connectivity index (χ3v) is 7.94. The fourth-order valence-electron chi connectivity index (χ4n) is 6.79. The lowest BCUT2D eigenvalue weighted by Crippen LogP contribution is -2.44. The lowest BCUT2D eigenvalue weighted by atomic mass is 9.59. The van der Waals surface area contributed by atoms with Gasteiger partial charge in [-0.2, -0.15) is 0 Å². The molecule has 2 aliphatic carbocycles. The molecule has 2 saturated carbocycles. The van der Waals surface area contributed by atoms with Crippen molar-refractivity contribution in [2.24, 2.45) is 34.5 Å². The predicted octanol–water partition coefficient (Wildman–Crippen LogP) is 4.21. The van der Waals surface area contributed by atoms with E-state index in [0.717, 1.165) is 19.3 Å². The lowest BCUT2D eigenvalue weighted by Gasteiger charge is -2.44. The highest BCUT2D eigenvalue weighted by atomic mass is 16.8. The molecule has 2 aliphatic heterocycles. The van der Waals surface area contributed by atoms with Crippen LogP contribution in [0.15, 0.2) is 12.2 Å². The van der Waals surface area contributed by atoms with Crippen LogP contribution < -0.4 is 0 Å². The molecule has 27 heavy (non-hydrogen) atoms. The summed E-state index contributed by atoms with van der Waals surface area (Å²) in [6.45, 7) is 13.0. The Balaban J connectivity index is 1.73. The molecule has 150 valence electrons. The molecule has 4 fully saturated rings. The third-order valence-electron chi connectivity index (χ3n) is 7.94. The van der Waals surface area contributed by atoms with Gasteiger partial charge in [-0.1, -0.05) is 32.9 Å². The van der Waals surface area contributed by atoms with Gasteiger partial charge in [-0.3, -0.25) is 9.59 Å². The number of hydrogen-bond acceptors (Lipinski definition) is 5. The van der Waals surface area contributed by atoms with Crippen LogP contribution in [0.1, 0.15) is 66.2 Å². The molecule has 4 aliphatic rings. The van der Waals surface area contributed by atoms with Crippen molar-refractivity contribution in [2.45, 2.75) is 78.8 Å². The number of fused-ring (bicyclic) bond motifs is 2. The van der Waals surface area contributed by atoms with Gasteiger partial charge < -0.3 is 14.2 Å². The van der Waals surface area contributed by atoms with Crippen LogP contribution in [0.2, 0.25) is 0 Å². The average Bonchev–Trinajstić information content (AvgIpc) is 3.14. The molecule has 2 heterocycles. The van der Waals surface area contributed by atoms with E-state index in [1.807, 2.05) is 0 Å². The van der Waals surface area contributed by atoms with Gasteiger partial charge in [0.15, 0.2) is 0 Å². The lowest BCUT2D eigenvalue weighted by molar-refractivity contribution is -0.214. The van der Waals surface area contributed by atoms with Crippen LogP contribution in [-0.2, 0) is 23.8 Å². The minimum atomic E-state index is -0.645. The van der Waals surface area contributed by atoms with Gasteiger partial charge in [0, 0.05) is 18.8 Å². The van der Waals surface area contributed by atoms with Gasteiger partial charge >= 0.3 is 11.9 Å². The Morgan fingerprint density at radius 3 is 2.70 bits per heavy atom. The van der Waals surface area contributed by atoms with Crippen molar-refractivity contribution in [1.29, 1.82) is 0 Å². The maximum atomic E-state index is 11.9. The second kappa shape index (κ2) is 6.33. The Morgan fingerprint density at radius 1 is 1.26 bits per heavy atom. The van der Waals surface area contributed by atoms with E-state index in [-0.39, 0.29) is 34.6 Å². The smallest absolute Gasteiger partial charge is 0.308 e. The highest BCUT2D eigenvalue weighted by Crippen LogP contribution is 2.65. The molecule has 0 aromatic heterocycles. The Labute approximate surface area is 161 Å². The summed E-state index contributed by atoms with van der Waals surface area (Å²) in [4.78, 5) is 23.7. The maximum absolute atomic E-state index is 11.9. The minimum absolute atomic E-state index is 0.0431. The standard InChI is InChI=1S/C22H32O5/c1-12-7-6-9-21(3,4)15-8-10-22(5,17(12)15)18-14-11-16(24)26-19(14)27-20(18)25-13(2)23/h14-15,17-20H,1,6-11H2,2-5H3/t14-,15-,17-,18+,19+,20+,22-/m1/s1. The highest BCUT2D eigenvalue weighted by molar-refractivity contribution is 5.72. The molecule has 0 aromatic rings. The molecule has 0 amide bonds. The first-order valence-corrected chi connectivity index (χ1v) is 10.3. The Kier molecular flexibility index (Phi) is 4.45. The molecule has 0 unspecified atom stereocenters. The molecule has 0 aromatic carbocycles. The first-order valence-electron chi connectivity index (χ1n) is 10.3. The van der Waals surface area contributed by atoms with Crippen molar-refractivity contribution in [3.8, 4) is 0 Å². The Hall–Kier alpha value is -1.36. The average molecular weight is 376 g/mol. The number of allylic oxidation sites excluding steroid dienone is 1. The monoisotopic (exact) mass is 376 g/mol. The summed E-state index contributed by atoms with van der Waals surface area (Å²) in [5, 5.41) is 0. The zero-order chi connectivity index (χ0) is 19.6. The van der Waals surface area contributed by atoms with E-state index in [1.165, 1.54) is 25.3 Å². The van der Waals surface area contributed by atoms with Gasteiger partial charge in [0.05, 0.1) is 6.42 Å². The van der Waals surface area contributed by atoms with Gasteiger partial charge in [-0.15, -0.1) is 0 Å². The van der Waals surface area contributed by atoms with E-state index in [2.05, 4.69) is 27.4 Å². The number of hydrogen-bond donors (Lipinski definition) is 0. The first kappa shape index (κ1) is 19.0. The van der Waals surface area contributed by atoms with Crippen LogP contribution in [0.5, 0.6) is 0 Å². The first-order chi connectivity index (χ1) is 12.6. The molecule has 0 bridgehead atoms. The van der Waals surface area contributed by atoms with Crippen LogP contribution in [0.3, 0.4) is 0 Å². The molecular formula is C22H32O5. The highest BCUT2D eigenvalue weighted by Gasteiger charge is 2.64. The number of ether oxygens (including phenoxy) is 3. The van der Waals surface area contributed by atoms with Crippen LogP contribution in [0.4, 0.5) is 0 Å². The van der Waals surface area contributed by atoms with E-state index in [0.29, 0.717) is 18.3 Å². The van der Waals surface area contributed by atoms with Gasteiger partial charge in [-0.25, -0.2) is 0 Å². The summed E-state index contributed by atoms with van der Waals surface area (Å²) in [5.74, 6) is 0.260. The predicted molar refractivity (Wildman–Crippen MR) is 99.2 cm³/mol. The van der Waals surface area contributed by atoms with E-state index < -0.39 is 12.6 Å². The minimum Gasteiger partial charge on any atom is -0.435 e. The molecule has 5 heteroatoms. The zero-order valence-corrected chi connectivity index (χ0v) is 17.0. The van der Waals surface area contributed by atoms with Gasteiger partial charge in [-0.05, 0) is 54.8 Å². The Bertz CT molecular complexity index is 668. The second-order valence-corrected chi connectivity index (χ2v) is 9.99. The van der Waals surface area contributed by atoms with Crippen molar-refractivity contribution in [3.05, 3.63) is 12.2 Å². The molecule has 5 nitrogen and oxygen atoms in total. The SMILES string of the molecule is C=C1CCCC(C)(C)[C@@H]2CC[C@@](C)([C@@H]3[C@@H](OC(C)=O)O[C@@H]4OC(=O)C[C@@H]43)[C@H]12. The molecule has 4 rings (SSSR count). The zero-order valence-electron chi connectivity index (χ0n) is 17.0. The van der Waals surface area contributed by atoms with Gasteiger partial charge in [0.2, 0.25) is 12.6 Å². The Morgan fingerprint density at radius 2 is 2.00 bits per heavy atom. The van der Waals surface area contributed by atoms with E-state index in [1.54, 1.807) is 0 Å². The summed E-state index contributed by atoms with van der Waals surface area (Å²) < 4.78 is 16.9. The largest absolute Gasteiger partial charge is 0.435 e. The number of carbonyl (C=O) groups is 2. The third kappa shape index (κ3) is 2.93. The number of esters is 2. The molecule has 7 atom stereocenters. The molecule has 0 N–H and O–H groups in total. The van der Waals surface area contributed by atoms with Crippen molar-refractivity contribution >= 4 is 11.9 Å². The second-order valence-electron chi connectivity index (χ2n) is 9.99. The van der Waals surface area contributed by atoms with E-state index in [9.17, 15) is 9.59 Å². The summed E-state index contributed by atoms with van der Waals surface area (Å²) in [7, 11) is 0. The summed E-state index contributed by atoms with van der Waals surface area (Å²) in [6.07, 6.45) is 4.73. The van der Waals surface area contributed by atoms with Crippen molar-refractivity contribution in [3.63, 3.8) is 0 Å². The fraction of sp³-hybridized carbons (Fsp3) is 0.818. The molecule has 0 spiro atoms. The number of rotatable bonds is 2. The topological polar surface area (TPSA) is 61.8 Å². The molecule has 2 saturated heterocycles. The van der Waals surface area contributed by atoms with Crippen LogP contribution in [0, 0.1) is 34.5 Å². The van der Waals surface area contributed by atoms with Gasteiger partial charge in [0.1, 0.15) is 0 Å². The molecule has 0 radical (unpaired) electrons. The summed E-state index contributed by atoms with van der Waals surface area (Å²) in [5.41, 5.74) is 1.47. The van der Waals surface area contributed by atoms with E-state index >= 15 is 0 Å². The summed E-state index contributed by atoms with van der Waals surface area (Å²) in [6, 6.07) is 0. The van der Waals surface area contributed by atoms with Crippen molar-refractivity contribution in [1.82, 2.24) is 0 Å². The summed E-state index contributed by atoms with van der Waals surface area (Å²) >= 11 is 0. The van der Waals surface area contributed by atoms with Crippen LogP contribution >= 0.6 is 0 Å².